The summed E-state index contributed by atoms with van der Waals surface area (Å²) in [6.07, 6.45) is 0. The predicted octanol–water partition coefficient (Wildman–Crippen LogP) is 4.67. The zero-order valence-corrected chi connectivity index (χ0v) is 20.9. The molecule has 2 N–H and O–H groups in total. The van der Waals surface area contributed by atoms with Gasteiger partial charge in [-0.2, -0.15) is 0 Å². The highest BCUT2D eigenvalue weighted by Crippen LogP contribution is 2.28. The van der Waals surface area contributed by atoms with E-state index < -0.39 is 0 Å². The van der Waals surface area contributed by atoms with Gasteiger partial charge in [-0.05, 0) is 48.7 Å². The van der Waals surface area contributed by atoms with Crippen LogP contribution in [-0.4, -0.2) is 32.3 Å². The fourth-order valence-electron chi connectivity index (χ4n) is 3.11. The SMILES string of the molecule is Cc1cccc(C(=O)NCc2nnc(SCC(=O)Nc3ccc(Br)cc3C(C)C)n2C)c1. The van der Waals surface area contributed by atoms with E-state index in [2.05, 4.69) is 50.6 Å². The Morgan fingerprint density at radius 1 is 1.16 bits per heavy atom. The molecule has 0 spiro atoms. The van der Waals surface area contributed by atoms with Crippen molar-refractivity contribution in [1.29, 1.82) is 0 Å². The van der Waals surface area contributed by atoms with Crippen molar-refractivity contribution < 1.29 is 9.59 Å². The molecule has 168 valence electrons. The van der Waals surface area contributed by atoms with Crippen LogP contribution in [0.1, 0.15) is 47.1 Å². The topological polar surface area (TPSA) is 88.9 Å². The van der Waals surface area contributed by atoms with Crippen LogP contribution in [0.5, 0.6) is 0 Å². The Morgan fingerprint density at radius 2 is 1.94 bits per heavy atom. The molecule has 1 heterocycles. The first-order valence-corrected chi connectivity index (χ1v) is 12.0. The first-order chi connectivity index (χ1) is 15.2. The van der Waals surface area contributed by atoms with Crippen LogP contribution in [0.15, 0.2) is 52.1 Å². The van der Waals surface area contributed by atoms with Gasteiger partial charge in [0.1, 0.15) is 0 Å². The fraction of sp³-hybridized carbons (Fsp3) is 0.304. The molecule has 0 fully saturated rings. The van der Waals surface area contributed by atoms with Crippen molar-refractivity contribution in [2.75, 3.05) is 11.1 Å². The minimum Gasteiger partial charge on any atom is -0.345 e. The molecular weight excluding hydrogens is 490 g/mol. The Hall–Kier alpha value is -2.65. The van der Waals surface area contributed by atoms with Gasteiger partial charge < -0.3 is 15.2 Å². The lowest BCUT2D eigenvalue weighted by Gasteiger charge is -2.14. The molecule has 3 aromatic rings. The average Bonchev–Trinajstić information content (AvgIpc) is 3.11. The van der Waals surface area contributed by atoms with Gasteiger partial charge in [-0.25, -0.2) is 0 Å². The van der Waals surface area contributed by atoms with E-state index in [1.807, 2.05) is 50.4 Å². The third-order valence-electron chi connectivity index (χ3n) is 4.85. The molecule has 1 aromatic heterocycles. The molecule has 0 radical (unpaired) electrons. The molecule has 0 unspecified atom stereocenters. The van der Waals surface area contributed by atoms with Crippen molar-refractivity contribution in [2.45, 2.75) is 38.4 Å². The van der Waals surface area contributed by atoms with Crippen LogP contribution >= 0.6 is 27.7 Å². The Labute approximate surface area is 200 Å². The molecule has 2 amide bonds. The number of rotatable bonds is 8. The number of aromatic nitrogens is 3. The molecular formula is C23H26BrN5O2S. The van der Waals surface area contributed by atoms with Gasteiger partial charge in [0.2, 0.25) is 5.91 Å². The largest absolute Gasteiger partial charge is 0.345 e. The van der Waals surface area contributed by atoms with E-state index in [0.717, 1.165) is 21.3 Å². The summed E-state index contributed by atoms with van der Waals surface area (Å²) >= 11 is 4.78. The average molecular weight is 516 g/mol. The van der Waals surface area contributed by atoms with E-state index in [0.29, 0.717) is 16.5 Å². The maximum Gasteiger partial charge on any atom is 0.251 e. The van der Waals surface area contributed by atoms with Crippen molar-refractivity contribution in [3.05, 3.63) is 69.5 Å². The van der Waals surface area contributed by atoms with Crippen molar-refractivity contribution in [3.8, 4) is 0 Å². The maximum atomic E-state index is 12.5. The lowest BCUT2D eigenvalue weighted by atomic mass is 10.0. The molecule has 3 rings (SSSR count). The molecule has 2 aromatic carbocycles. The van der Waals surface area contributed by atoms with E-state index in [-0.39, 0.29) is 30.0 Å². The fourth-order valence-corrected chi connectivity index (χ4v) is 4.22. The zero-order chi connectivity index (χ0) is 23.3. The summed E-state index contributed by atoms with van der Waals surface area (Å²) in [5.74, 6) is 0.822. The van der Waals surface area contributed by atoms with Crippen LogP contribution in [-0.2, 0) is 18.4 Å². The van der Waals surface area contributed by atoms with Gasteiger partial charge in [0, 0.05) is 22.8 Å². The van der Waals surface area contributed by atoms with Crippen LogP contribution in [0.25, 0.3) is 0 Å². The number of benzene rings is 2. The normalized spacial score (nSPS) is 10.9. The smallest absolute Gasteiger partial charge is 0.251 e. The van der Waals surface area contributed by atoms with E-state index in [9.17, 15) is 9.59 Å². The Kier molecular flexibility index (Phi) is 8.09. The summed E-state index contributed by atoms with van der Waals surface area (Å²) in [6, 6.07) is 13.2. The Balaban J connectivity index is 1.56. The number of halogens is 1. The first-order valence-electron chi connectivity index (χ1n) is 10.2. The molecule has 0 bridgehead atoms. The lowest BCUT2D eigenvalue weighted by Crippen LogP contribution is -2.24. The summed E-state index contributed by atoms with van der Waals surface area (Å²) in [5, 5.41) is 14.8. The molecule has 0 saturated carbocycles. The van der Waals surface area contributed by atoms with E-state index in [4.69, 9.17) is 0 Å². The highest BCUT2D eigenvalue weighted by molar-refractivity contribution is 9.10. The highest BCUT2D eigenvalue weighted by Gasteiger charge is 2.15. The van der Waals surface area contributed by atoms with Gasteiger partial charge in [-0.1, -0.05) is 59.2 Å². The molecule has 0 aliphatic heterocycles. The quantitative estimate of drug-likeness (QED) is 0.425. The minimum absolute atomic E-state index is 0.114. The number of aryl methyl sites for hydroxylation is 1. The maximum absolute atomic E-state index is 12.5. The van der Waals surface area contributed by atoms with Gasteiger partial charge in [0.15, 0.2) is 11.0 Å². The standard InChI is InChI=1S/C23H26BrN5O2S/c1-14(2)18-11-17(24)8-9-19(18)26-21(30)13-32-23-28-27-20(29(23)4)12-25-22(31)16-7-5-6-15(3)10-16/h5-11,14H,12-13H2,1-4H3,(H,25,31)(H,26,30). The highest BCUT2D eigenvalue weighted by atomic mass is 79.9. The lowest BCUT2D eigenvalue weighted by molar-refractivity contribution is -0.113. The second kappa shape index (κ2) is 10.8. The van der Waals surface area contributed by atoms with Crippen molar-refractivity contribution in [2.24, 2.45) is 7.05 Å². The van der Waals surface area contributed by atoms with Crippen molar-refractivity contribution in [1.82, 2.24) is 20.1 Å². The van der Waals surface area contributed by atoms with Gasteiger partial charge in [0.05, 0.1) is 12.3 Å². The number of nitrogens with one attached hydrogen (secondary N) is 2. The molecule has 0 aliphatic rings. The number of nitrogens with zero attached hydrogens (tertiary/aromatic N) is 3. The summed E-state index contributed by atoms with van der Waals surface area (Å²) in [5.41, 5.74) is 3.51. The number of carbonyl (C=O) groups excluding carboxylic acids is 2. The summed E-state index contributed by atoms with van der Waals surface area (Å²) in [4.78, 5) is 24.8. The van der Waals surface area contributed by atoms with Crippen molar-refractivity contribution in [3.63, 3.8) is 0 Å². The van der Waals surface area contributed by atoms with Gasteiger partial charge in [-0.3, -0.25) is 9.59 Å². The van der Waals surface area contributed by atoms with Crippen LogP contribution in [0.4, 0.5) is 5.69 Å². The number of anilines is 1. The third-order valence-corrected chi connectivity index (χ3v) is 6.37. The zero-order valence-electron chi connectivity index (χ0n) is 18.5. The molecule has 0 atom stereocenters. The summed E-state index contributed by atoms with van der Waals surface area (Å²) in [7, 11) is 1.82. The summed E-state index contributed by atoms with van der Waals surface area (Å²) < 4.78 is 2.77. The van der Waals surface area contributed by atoms with Crippen LogP contribution < -0.4 is 10.6 Å². The minimum atomic E-state index is -0.166. The molecule has 32 heavy (non-hydrogen) atoms. The molecule has 7 nitrogen and oxygen atoms in total. The van der Waals surface area contributed by atoms with Crippen LogP contribution in [0, 0.1) is 6.92 Å². The van der Waals surface area contributed by atoms with E-state index in [1.165, 1.54) is 11.8 Å². The molecule has 0 aliphatic carbocycles. The number of carbonyl (C=O) groups is 2. The number of thioether (sulfide) groups is 1. The Bertz CT molecular complexity index is 1130. The third kappa shape index (κ3) is 6.20. The predicted molar refractivity (Wildman–Crippen MR) is 131 cm³/mol. The number of amides is 2. The van der Waals surface area contributed by atoms with Gasteiger partial charge in [-0.15, -0.1) is 10.2 Å². The number of hydrogen-bond donors (Lipinski definition) is 2. The second-order valence-corrected chi connectivity index (χ2v) is 9.59. The van der Waals surface area contributed by atoms with Gasteiger partial charge >= 0.3 is 0 Å². The van der Waals surface area contributed by atoms with E-state index in [1.54, 1.807) is 10.6 Å². The Morgan fingerprint density at radius 3 is 2.66 bits per heavy atom. The summed E-state index contributed by atoms with van der Waals surface area (Å²) in [6.45, 7) is 6.37. The molecule has 9 heteroatoms. The first kappa shape index (κ1) is 24.0. The van der Waals surface area contributed by atoms with Crippen molar-refractivity contribution >= 4 is 45.2 Å². The second-order valence-electron chi connectivity index (χ2n) is 7.73. The van der Waals surface area contributed by atoms with Gasteiger partial charge in [0.25, 0.3) is 5.91 Å². The monoisotopic (exact) mass is 515 g/mol. The van der Waals surface area contributed by atoms with Crippen LogP contribution in [0.3, 0.4) is 0 Å². The van der Waals surface area contributed by atoms with E-state index >= 15 is 0 Å². The van der Waals surface area contributed by atoms with Crippen LogP contribution in [0.2, 0.25) is 0 Å². The molecule has 0 saturated heterocycles. The number of hydrogen-bond acceptors (Lipinski definition) is 5.